The molecule has 11 heteroatoms. The van der Waals surface area contributed by atoms with Crippen LogP contribution < -0.4 is 0 Å². The van der Waals surface area contributed by atoms with Gasteiger partial charge in [-0.25, -0.2) is 0 Å². The highest BCUT2D eigenvalue weighted by molar-refractivity contribution is 5.25. The maximum absolute atomic E-state index is 10.4. The van der Waals surface area contributed by atoms with Gasteiger partial charge in [-0.1, -0.05) is 30.3 Å². The number of rotatable bonds is 7. The molecule has 11 atom stereocenters. The lowest BCUT2D eigenvalue weighted by molar-refractivity contribution is -0.314. The van der Waals surface area contributed by atoms with E-state index in [-0.39, 0.29) is 6.42 Å². The van der Waals surface area contributed by atoms with Gasteiger partial charge in [-0.15, -0.1) is 0 Å². The normalized spacial score (nSPS) is 41.1. The van der Waals surface area contributed by atoms with Crippen LogP contribution in [0.25, 0.3) is 0 Å². The number of ether oxygens (including phenoxy) is 3. The largest absolute Gasteiger partial charge is 0.394 e. The van der Waals surface area contributed by atoms with Crippen LogP contribution in [0.15, 0.2) is 30.3 Å². The summed E-state index contributed by atoms with van der Waals surface area (Å²) in [4.78, 5) is 0. The van der Waals surface area contributed by atoms with Gasteiger partial charge in [0.05, 0.1) is 31.3 Å². The van der Waals surface area contributed by atoms with Crippen molar-refractivity contribution in [2.75, 3.05) is 13.2 Å². The molecule has 0 amide bonds. The van der Waals surface area contributed by atoms with Crippen molar-refractivity contribution in [3.63, 3.8) is 0 Å². The molecule has 11 nitrogen and oxygen atoms in total. The molecule has 2 fully saturated rings. The number of aliphatic hydroxyl groups excluding tert-OH is 7. The first-order valence-corrected chi connectivity index (χ1v) is 10.3. The molecule has 2 saturated heterocycles. The van der Waals surface area contributed by atoms with Crippen LogP contribution in [0.2, 0.25) is 0 Å². The lowest BCUT2D eigenvalue weighted by atomic mass is 9.87. The Bertz CT molecular complexity index is 759. The zero-order valence-electron chi connectivity index (χ0n) is 17.2. The second-order valence-electron chi connectivity index (χ2n) is 8.04. The Kier molecular flexibility index (Phi) is 8.54. The molecule has 0 saturated carbocycles. The molecule has 2 aliphatic heterocycles. The van der Waals surface area contributed by atoms with Crippen LogP contribution in [0.5, 0.6) is 0 Å². The smallest absolute Gasteiger partial charge is 0.186 e. The third kappa shape index (κ3) is 5.27. The summed E-state index contributed by atoms with van der Waals surface area (Å²) in [7, 11) is 0. The average molecular weight is 455 g/mol. The third-order valence-electron chi connectivity index (χ3n) is 5.91. The van der Waals surface area contributed by atoms with Crippen molar-refractivity contribution in [3.8, 4) is 6.07 Å². The number of benzene rings is 1. The van der Waals surface area contributed by atoms with E-state index in [1.807, 2.05) is 0 Å². The predicted molar refractivity (Wildman–Crippen MR) is 106 cm³/mol. The molecule has 0 bridgehead atoms. The minimum absolute atomic E-state index is 0.0437. The SMILES string of the molecule is N#CC(CC1OC(COC2OC(CO)C(O)C(O)C2O)C(O)C(O)C1O)c1ccccc1. The molecular weight excluding hydrogens is 426 g/mol. The zero-order valence-corrected chi connectivity index (χ0v) is 17.2. The Morgan fingerprint density at radius 2 is 1.41 bits per heavy atom. The Morgan fingerprint density at radius 1 is 0.812 bits per heavy atom. The quantitative estimate of drug-likeness (QED) is 0.227. The molecule has 0 spiro atoms. The van der Waals surface area contributed by atoms with E-state index in [1.165, 1.54) is 0 Å². The van der Waals surface area contributed by atoms with E-state index in [4.69, 9.17) is 14.2 Å². The molecule has 32 heavy (non-hydrogen) atoms. The average Bonchev–Trinajstić information content (AvgIpc) is 2.81. The van der Waals surface area contributed by atoms with Crippen molar-refractivity contribution < 1.29 is 50.0 Å². The number of aliphatic hydroxyl groups is 7. The second-order valence-corrected chi connectivity index (χ2v) is 8.04. The number of hydrogen-bond acceptors (Lipinski definition) is 11. The van der Waals surface area contributed by atoms with Crippen LogP contribution >= 0.6 is 0 Å². The summed E-state index contributed by atoms with van der Waals surface area (Å²) in [5.74, 6) is -0.634. The van der Waals surface area contributed by atoms with Gasteiger partial charge in [0.15, 0.2) is 6.29 Å². The molecule has 11 unspecified atom stereocenters. The van der Waals surface area contributed by atoms with Crippen molar-refractivity contribution in [2.45, 2.75) is 73.6 Å². The van der Waals surface area contributed by atoms with E-state index < -0.39 is 80.4 Å². The third-order valence-corrected chi connectivity index (χ3v) is 5.91. The molecule has 0 aliphatic carbocycles. The molecule has 1 aromatic carbocycles. The Balaban J connectivity index is 1.65. The van der Waals surface area contributed by atoms with Gasteiger partial charge in [-0.2, -0.15) is 5.26 Å². The first-order chi connectivity index (χ1) is 15.3. The van der Waals surface area contributed by atoms with Crippen LogP contribution in [-0.2, 0) is 14.2 Å². The lowest BCUT2D eigenvalue weighted by Crippen LogP contribution is -2.61. The monoisotopic (exact) mass is 455 g/mol. The Labute approximate surface area is 184 Å². The van der Waals surface area contributed by atoms with Crippen LogP contribution in [-0.4, -0.2) is 110 Å². The van der Waals surface area contributed by atoms with E-state index in [0.29, 0.717) is 5.56 Å². The molecule has 7 N–H and O–H groups in total. The fourth-order valence-electron chi connectivity index (χ4n) is 3.94. The number of nitrogens with zero attached hydrogens (tertiary/aromatic N) is 1. The summed E-state index contributed by atoms with van der Waals surface area (Å²) in [5, 5.41) is 79.5. The molecule has 1 aromatic rings. The van der Waals surface area contributed by atoms with Crippen molar-refractivity contribution in [2.24, 2.45) is 0 Å². The van der Waals surface area contributed by atoms with Crippen molar-refractivity contribution >= 4 is 0 Å². The first kappa shape index (κ1) is 24.9. The lowest BCUT2D eigenvalue weighted by Gasteiger charge is -2.43. The van der Waals surface area contributed by atoms with Gasteiger partial charge in [0.1, 0.15) is 48.8 Å². The molecule has 178 valence electrons. The molecule has 2 heterocycles. The highest BCUT2D eigenvalue weighted by Gasteiger charge is 2.47. The topological polar surface area (TPSA) is 193 Å². The van der Waals surface area contributed by atoms with E-state index in [0.717, 1.165) is 0 Å². The molecular formula is C21H29NO10. The van der Waals surface area contributed by atoms with Crippen molar-refractivity contribution in [3.05, 3.63) is 35.9 Å². The van der Waals surface area contributed by atoms with Gasteiger partial charge in [-0.3, -0.25) is 0 Å². The highest BCUT2D eigenvalue weighted by atomic mass is 16.7. The van der Waals surface area contributed by atoms with Gasteiger partial charge >= 0.3 is 0 Å². The van der Waals surface area contributed by atoms with Crippen LogP contribution in [0, 0.1) is 11.3 Å². The first-order valence-electron chi connectivity index (χ1n) is 10.3. The van der Waals surface area contributed by atoms with E-state index in [9.17, 15) is 41.0 Å². The van der Waals surface area contributed by atoms with Gasteiger partial charge < -0.3 is 50.0 Å². The summed E-state index contributed by atoms with van der Waals surface area (Å²) < 4.78 is 16.4. The summed E-state index contributed by atoms with van der Waals surface area (Å²) in [6.45, 7) is -1.04. The minimum atomic E-state index is -1.64. The molecule has 2 aliphatic rings. The van der Waals surface area contributed by atoms with Gasteiger partial charge in [0, 0.05) is 0 Å². The zero-order chi connectivity index (χ0) is 23.4. The summed E-state index contributed by atoms with van der Waals surface area (Å²) in [5.41, 5.74) is 0.709. The van der Waals surface area contributed by atoms with Crippen molar-refractivity contribution in [1.82, 2.24) is 0 Å². The minimum Gasteiger partial charge on any atom is -0.394 e. The second kappa shape index (κ2) is 11.0. The van der Waals surface area contributed by atoms with E-state index in [2.05, 4.69) is 6.07 Å². The van der Waals surface area contributed by atoms with Crippen LogP contribution in [0.4, 0.5) is 0 Å². The van der Waals surface area contributed by atoms with Gasteiger partial charge in [-0.05, 0) is 12.0 Å². The van der Waals surface area contributed by atoms with Gasteiger partial charge in [0.25, 0.3) is 0 Å². The van der Waals surface area contributed by atoms with Crippen LogP contribution in [0.3, 0.4) is 0 Å². The Hall–Kier alpha value is -1.69. The molecule has 0 radical (unpaired) electrons. The number of hydrogen-bond donors (Lipinski definition) is 7. The van der Waals surface area contributed by atoms with Gasteiger partial charge in [0.2, 0.25) is 0 Å². The maximum Gasteiger partial charge on any atom is 0.186 e. The maximum atomic E-state index is 10.4. The summed E-state index contributed by atoms with van der Waals surface area (Å²) in [6.07, 6.45) is -14.1. The molecule has 0 aromatic heterocycles. The fourth-order valence-corrected chi connectivity index (χ4v) is 3.94. The predicted octanol–water partition coefficient (Wildman–Crippen LogP) is -2.65. The number of nitriles is 1. The molecule has 3 rings (SSSR count). The van der Waals surface area contributed by atoms with Crippen LogP contribution in [0.1, 0.15) is 17.9 Å². The summed E-state index contributed by atoms with van der Waals surface area (Å²) in [6, 6.07) is 11.0. The Morgan fingerprint density at radius 3 is 2.03 bits per heavy atom. The fraction of sp³-hybridized carbons (Fsp3) is 0.667. The van der Waals surface area contributed by atoms with E-state index >= 15 is 0 Å². The van der Waals surface area contributed by atoms with E-state index in [1.54, 1.807) is 30.3 Å². The highest BCUT2D eigenvalue weighted by Crippen LogP contribution is 2.30. The van der Waals surface area contributed by atoms with Crippen molar-refractivity contribution in [1.29, 1.82) is 5.26 Å². The summed E-state index contributed by atoms with van der Waals surface area (Å²) >= 11 is 0. The standard InChI is InChI=1S/C21H29NO10/c22-7-11(10-4-2-1-3-5-10)6-12-15(24)18(27)17(26)14(31-12)9-30-21-20(29)19(28)16(25)13(8-23)32-21/h1-5,11-21,23-29H,6,8-9H2.